The zero-order chi connectivity index (χ0) is 28.0. The third-order valence-electron chi connectivity index (χ3n) is 7.80. The van der Waals surface area contributed by atoms with Gasteiger partial charge in [-0.3, -0.25) is 0 Å². The normalized spacial score (nSPS) is 24.3. The highest BCUT2D eigenvalue weighted by molar-refractivity contribution is 7.99. The van der Waals surface area contributed by atoms with Gasteiger partial charge in [0.1, 0.15) is 0 Å². The Morgan fingerprint density at radius 2 is 1.21 bits per heavy atom. The van der Waals surface area contributed by atoms with Crippen molar-refractivity contribution in [2.45, 2.75) is 24.7 Å². The highest BCUT2D eigenvalue weighted by Crippen LogP contribution is 2.36. The van der Waals surface area contributed by atoms with Crippen LogP contribution in [0.4, 0.5) is 0 Å². The van der Waals surface area contributed by atoms with E-state index >= 15 is 0 Å². The number of ether oxygens (including phenoxy) is 1. The maximum absolute atomic E-state index is 8.92. The molecule has 0 amide bonds. The first kappa shape index (κ1) is 33.1. The van der Waals surface area contributed by atoms with Crippen molar-refractivity contribution < 1.29 is 9.84 Å². The van der Waals surface area contributed by atoms with Gasteiger partial charge in [0.15, 0.2) is 0 Å². The quantitative estimate of drug-likeness (QED) is 0.279. The number of hydrogen-bond acceptors (Lipinski definition) is 6. The Morgan fingerprint density at radius 3 is 1.62 bits per heavy atom. The molecule has 2 fully saturated rings. The van der Waals surface area contributed by atoms with E-state index in [4.69, 9.17) is 33.0 Å². The van der Waals surface area contributed by atoms with Gasteiger partial charge in [0, 0.05) is 41.8 Å². The van der Waals surface area contributed by atoms with Gasteiger partial charge in [-0.25, -0.2) is 0 Å². The van der Waals surface area contributed by atoms with E-state index in [1.54, 1.807) is 7.11 Å². The fourth-order valence-corrected chi connectivity index (χ4v) is 8.02. The molecule has 0 aliphatic carbocycles. The zero-order valence-corrected chi connectivity index (χ0v) is 26.9. The van der Waals surface area contributed by atoms with E-state index in [0.29, 0.717) is 17.8 Å². The third-order valence-corrected chi connectivity index (χ3v) is 10.6. The number of aliphatic hydroxyl groups is 1. The van der Waals surface area contributed by atoms with Crippen LogP contribution in [-0.2, 0) is 4.74 Å². The number of halogens is 2. The van der Waals surface area contributed by atoms with E-state index < -0.39 is 0 Å². The summed E-state index contributed by atoms with van der Waals surface area (Å²) in [6, 6.07) is 16.8. The van der Waals surface area contributed by atoms with Crippen LogP contribution in [0, 0.1) is 11.8 Å². The second-order valence-corrected chi connectivity index (χ2v) is 14.0. The highest BCUT2D eigenvalue weighted by atomic mass is 35.5. The zero-order valence-electron chi connectivity index (χ0n) is 23.7. The average molecular weight is 614 g/mol. The van der Waals surface area contributed by atoms with Gasteiger partial charge in [-0.1, -0.05) is 47.5 Å². The molecule has 2 heterocycles. The molecule has 4 nitrogen and oxygen atoms in total. The van der Waals surface area contributed by atoms with Gasteiger partial charge >= 0.3 is 0 Å². The molecule has 39 heavy (non-hydrogen) atoms. The van der Waals surface area contributed by atoms with E-state index in [1.165, 1.54) is 42.8 Å². The van der Waals surface area contributed by atoms with Crippen LogP contribution in [0.3, 0.4) is 0 Å². The monoisotopic (exact) mass is 612 g/mol. The molecular formula is C31H46Cl2N2O2S2. The summed E-state index contributed by atoms with van der Waals surface area (Å²) in [5.41, 5.74) is 2.85. The number of methoxy groups -OCH3 is 1. The SMILES string of the molecule is CN1CC[C@H](c2ccc(Cl)cc2)[C@@H](CSCCO)C1.COCCSC[C@H]1CN(C)CC[C@@H]1c1ccc(Cl)cc1. The van der Waals surface area contributed by atoms with E-state index in [-0.39, 0.29) is 6.61 Å². The Balaban J connectivity index is 0.000000216. The minimum atomic E-state index is 0.277. The maximum Gasteiger partial charge on any atom is 0.0552 e. The summed E-state index contributed by atoms with van der Waals surface area (Å²) in [4.78, 5) is 4.87. The fourth-order valence-electron chi connectivity index (χ4n) is 5.74. The summed E-state index contributed by atoms with van der Waals surface area (Å²) in [6.45, 7) is 5.80. The number of aliphatic hydroxyl groups excluding tert-OH is 1. The number of thioether (sulfide) groups is 2. The molecule has 2 aromatic carbocycles. The Bertz CT molecular complexity index is 935. The highest BCUT2D eigenvalue weighted by Gasteiger charge is 2.29. The second-order valence-electron chi connectivity index (χ2n) is 10.8. The van der Waals surface area contributed by atoms with Crippen molar-refractivity contribution in [1.29, 1.82) is 0 Å². The summed E-state index contributed by atoms with van der Waals surface area (Å²) in [7, 11) is 6.19. The molecule has 0 spiro atoms. The van der Waals surface area contributed by atoms with Crippen LogP contribution in [0.5, 0.6) is 0 Å². The van der Waals surface area contributed by atoms with Gasteiger partial charge in [-0.05, 0) is 111 Å². The summed E-state index contributed by atoms with van der Waals surface area (Å²) in [5.74, 6) is 6.93. The van der Waals surface area contributed by atoms with Gasteiger partial charge in [-0.2, -0.15) is 23.5 Å². The lowest BCUT2D eigenvalue weighted by atomic mass is 9.81. The summed E-state index contributed by atoms with van der Waals surface area (Å²) < 4.78 is 5.13. The molecule has 4 rings (SSSR count). The van der Waals surface area contributed by atoms with Crippen LogP contribution < -0.4 is 0 Å². The molecule has 2 aliphatic heterocycles. The number of rotatable bonds is 11. The first-order valence-electron chi connectivity index (χ1n) is 14.0. The molecule has 4 atom stereocenters. The molecule has 0 radical (unpaired) electrons. The van der Waals surface area contributed by atoms with Crippen molar-refractivity contribution in [2.24, 2.45) is 11.8 Å². The van der Waals surface area contributed by atoms with Crippen molar-refractivity contribution >= 4 is 46.7 Å². The van der Waals surface area contributed by atoms with Crippen LogP contribution in [0.15, 0.2) is 48.5 Å². The Labute approximate surface area is 255 Å². The topological polar surface area (TPSA) is 35.9 Å². The Morgan fingerprint density at radius 1 is 0.769 bits per heavy atom. The molecule has 8 heteroatoms. The summed E-state index contributed by atoms with van der Waals surface area (Å²) in [6.07, 6.45) is 2.45. The molecule has 2 aliphatic rings. The molecule has 2 saturated heterocycles. The lowest BCUT2D eigenvalue weighted by Crippen LogP contribution is -2.38. The van der Waals surface area contributed by atoms with Gasteiger partial charge in [0.05, 0.1) is 13.2 Å². The molecule has 2 aromatic rings. The van der Waals surface area contributed by atoms with Gasteiger partial charge in [-0.15, -0.1) is 0 Å². The van der Waals surface area contributed by atoms with E-state index in [0.717, 1.165) is 52.9 Å². The van der Waals surface area contributed by atoms with Crippen LogP contribution in [-0.4, -0.2) is 98.5 Å². The van der Waals surface area contributed by atoms with Crippen molar-refractivity contribution in [3.8, 4) is 0 Å². The maximum atomic E-state index is 8.92. The average Bonchev–Trinajstić information content (AvgIpc) is 2.93. The largest absolute Gasteiger partial charge is 0.396 e. The minimum absolute atomic E-state index is 0.277. The Hall–Kier alpha value is -0.440. The predicted octanol–water partition coefficient (Wildman–Crippen LogP) is 6.86. The number of benzene rings is 2. The first-order valence-corrected chi connectivity index (χ1v) is 17.1. The second kappa shape index (κ2) is 18.2. The standard InChI is InChI=1S/C16H24ClNOS.C15H22ClNOS/c1-18-8-7-16(13-3-5-15(17)6-4-13)14(11-18)12-20-10-9-19-2;1-17-7-6-15(12-2-4-14(16)5-3-12)13(10-17)11-19-9-8-18/h3-6,14,16H,7-12H2,1-2H3;2-5,13,15,18H,6-11H2,1H3/t14-,16-;13-,15-/m11/s1. The molecular weight excluding hydrogens is 567 g/mol. The predicted molar refractivity (Wildman–Crippen MR) is 173 cm³/mol. The van der Waals surface area contributed by atoms with Gasteiger partial charge in [0.2, 0.25) is 0 Å². The van der Waals surface area contributed by atoms with E-state index in [1.807, 2.05) is 47.8 Å². The minimum Gasteiger partial charge on any atom is -0.396 e. The number of piperidine rings is 2. The number of nitrogens with zero attached hydrogens (tertiary/aromatic N) is 2. The summed E-state index contributed by atoms with van der Waals surface area (Å²) >= 11 is 15.8. The van der Waals surface area contributed by atoms with Crippen molar-refractivity contribution in [3.05, 3.63) is 69.7 Å². The van der Waals surface area contributed by atoms with E-state index in [2.05, 4.69) is 48.2 Å². The smallest absolute Gasteiger partial charge is 0.0552 e. The first-order chi connectivity index (χ1) is 18.9. The van der Waals surface area contributed by atoms with Crippen LogP contribution in [0.1, 0.15) is 35.8 Å². The van der Waals surface area contributed by atoms with Crippen molar-refractivity contribution in [2.75, 3.05) is 83.6 Å². The lowest BCUT2D eigenvalue weighted by Gasteiger charge is -2.37. The lowest BCUT2D eigenvalue weighted by molar-refractivity contribution is 0.198. The molecule has 0 aromatic heterocycles. The molecule has 1 N–H and O–H groups in total. The third kappa shape index (κ3) is 11.4. The number of hydrogen-bond donors (Lipinski definition) is 1. The van der Waals surface area contributed by atoms with Crippen molar-refractivity contribution in [3.63, 3.8) is 0 Å². The number of likely N-dealkylation sites (tertiary alicyclic amines) is 2. The molecule has 0 unspecified atom stereocenters. The van der Waals surface area contributed by atoms with E-state index in [9.17, 15) is 0 Å². The Kier molecular flexibility index (Phi) is 15.4. The van der Waals surface area contributed by atoms with Crippen LogP contribution in [0.2, 0.25) is 10.0 Å². The van der Waals surface area contributed by atoms with Gasteiger partial charge in [0.25, 0.3) is 0 Å². The van der Waals surface area contributed by atoms with Crippen molar-refractivity contribution in [1.82, 2.24) is 9.80 Å². The molecule has 0 saturated carbocycles. The fraction of sp³-hybridized carbons (Fsp3) is 0.613. The molecule has 218 valence electrons. The van der Waals surface area contributed by atoms with Crippen LogP contribution >= 0.6 is 46.7 Å². The van der Waals surface area contributed by atoms with Gasteiger partial charge < -0.3 is 19.6 Å². The van der Waals surface area contributed by atoms with Crippen LogP contribution in [0.25, 0.3) is 0 Å². The summed E-state index contributed by atoms with van der Waals surface area (Å²) in [5, 5.41) is 10.6. The molecule has 0 bridgehead atoms.